The molecule has 0 amide bonds. The van der Waals surface area contributed by atoms with E-state index in [1.54, 1.807) is 0 Å². The molecule has 2 aromatic carbocycles. The molecule has 0 saturated heterocycles. The van der Waals surface area contributed by atoms with Gasteiger partial charge in [-0.3, -0.25) is 0 Å². The fraction of sp³-hybridized carbons (Fsp3) is 0.222. The van der Waals surface area contributed by atoms with Gasteiger partial charge in [-0.05, 0) is 37.6 Å². The zero-order valence-corrected chi connectivity index (χ0v) is 12.5. The lowest BCUT2D eigenvalue weighted by molar-refractivity contribution is 0.306. The van der Waals surface area contributed by atoms with E-state index in [0.29, 0.717) is 12.5 Å². The third kappa shape index (κ3) is 4.33. The fourth-order valence-corrected chi connectivity index (χ4v) is 2.18. The number of benzene rings is 2. The topological polar surface area (TPSA) is 9.23 Å². The van der Waals surface area contributed by atoms with Gasteiger partial charge in [-0.15, -0.1) is 11.6 Å². The van der Waals surface area contributed by atoms with Gasteiger partial charge < -0.3 is 4.74 Å². The molecule has 0 heterocycles. The number of aryl methyl sites for hydroxylation is 2. The first-order valence-electron chi connectivity index (χ1n) is 6.52. The molecule has 0 aromatic heterocycles. The summed E-state index contributed by atoms with van der Waals surface area (Å²) >= 11 is 5.56. The second kappa shape index (κ2) is 7.03. The molecule has 0 N–H and O–H groups in total. The van der Waals surface area contributed by atoms with E-state index in [1.165, 1.54) is 16.7 Å². The van der Waals surface area contributed by atoms with E-state index in [9.17, 15) is 0 Å². The van der Waals surface area contributed by atoms with Crippen molar-refractivity contribution in [1.29, 1.82) is 0 Å². The largest absolute Gasteiger partial charge is 0.489 e. The summed E-state index contributed by atoms with van der Waals surface area (Å²) in [5, 5.41) is 0. The van der Waals surface area contributed by atoms with Crippen LogP contribution in [0.25, 0.3) is 0 Å². The van der Waals surface area contributed by atoms with E-state index in [0.717, 1.165) is 11.3 Å². The van der Waals surface area contributed by atoms with E-state index in [2.05, 4.69) is 43.9 Å². The van der Waals surface area contributed by atoms with Gasteiger partial charge in [0.1, 0.15) is 12.4 Å². The van der Waals surface area contributed by atoms with E-state index in [-0.39, 0.29) is 0 Å². The van der Waals surface area contributed by atoms with Gasteiger partial charge in [0.05, 0.1) is 5.88 Å². The van der Waals surface area contributed by atoms with Crippen molar-refractivity contribution in [3.05, 3.63) is 64.7 Å². The second-order valence-electron chi connectivity index (χ2n) is 4.75. The van der Waals surface area contributed by atoms with Crippen LogP contribution in [-0.2, 0) is 6.61 Å². The molecule has 102 valence electrons. The van der Waals surface area contributed by atoms with Gasteiger partial charge in [0.2, 0.25) is 0 Å². The summed E-state index contributed by atoms with van der Waals surface area (Å²) in [7, 11) is 0. The monoisotopic (exact) mass is 284 g/mol. The summed E-state index contributed by atoms with van der Waals surface area (Å²) < 4.78 is 5.82. The molecule has 0 saturated carbocycles. The van der Waals surface area contributed by atoms with Crippen LogP contribution in [0.3, 0.4) is 0 Å². The highest BCUT2D eigenvalue weighted by atomic mass is 35.5. The number of rotatable bonds is 3. The van der Waals surface area contributed by atoms with Crippen LogP contribution in [0.4, 0.5) is 0 Å². The van der Waals surface area contributed by atoms with E-state index < -0.39 is 0 Å². The maximum atomic E-state index is 5.82. The summed E-state index contributed by atoms with van der Waals surface area (Å²) in [6.07, 6.45) is 0. The van der Waals surface area contributed by atoms with Crippen molar-refractivity contribution in [3.63, 3.8) is 0 Å². The summed E-state index contributed by atoms with van der Waals surface area (Å²) in [6.45, 7) is 4.76. The summed E-state index contributed by atoms with van der Waals surface area (Å²) in [4.78, 5) is 0. The van der Waals surface area contributed by atoms with E-state index in [1.807, 2.05) is 24.3 Å². The van der Waals surface area contributed by atoms with Gasteiger partial charge in [-0.1, -0.05) is 47.2 Å². The van der Waals surface area contributed by atoms with Crippen LogP contribution in [-0.4, -0.2) is 5.88 Å². The first-order valence-corrected chi connectivity index (χ1v) is 7.06. The lowest BCUT2D eigenvalue weighted by atomic mass is 10.1. The van der Waals surface area contributed by atoms with Gasteiger partial charge in [0.25, 0.3) is 0 Å². The van der Waals surface area contributed by atoms with Crippen molar-refractivity contribution in [3.8, 4) is 17.6 Å². The first kappa shape index (κ1) is 14.5. The van der Waals surface area contributed by atoms with Crippen LogP contribution in [0, 0.1) is 25.7 Å². The average Bonchev–Trinajstić information content (AvgIpc) is 2.42. The smallest absolute Gasteiger partial charge is 0.121 e. The predicted octanol–water partition coefficient (Wildman–Crippen LogP) is 4.47. The number of hydrogen-bond donors (Lipinski definition) is 0. The van der Waals surface area contributed by atoms with Crippen LogP contribution in [0.5, 0.6) is 5.75 Å². The molecule has 0 aliphatic heterocycles. The minimum absolute atomic E-state index is 0.341. The van der Waals surface area contributed by atoms with Crippen molar-refractivity contribution in [1.82, 2.24) is 0 Å². The standard InChI is InChI=1S/C18H17ClO/c1-14-9-15(2)11-17(10-14)13-20-18-7-3-5-16(12-18)6-4-8-19/h3,5,7,9-12H,8,13H2,1-2H3. The SMILES string of the molecule is Cc1cc(C)cc(COc2cccc(C#CCCl)c2)c1. The van der Waals surface area contributed by atoms with Crippen molar-refractivity contribution < 1.29 is 4.74 Å². The molecule has 0 unspecified atom stereocenters. The Labute approximate surface area is 125 Å². The molecule has 20 heavy (non-hydrogen) atoms. The minimum atomic E-state index is 0.341. The Balaban J connectivity index is 2.07. The van der Waals surface area contributed by atoms with Crippen LogP contribution in [0.15, 0.2) is 42.5 Å². The van der Waals surface area contributed by atoms with Crippen molar-refractivity contribution in [2.24, 2.45) is 0 Å². The number of ether oxygens (including phenoxy) is 1. The Bertz CT molecular complexity index is 630. The molecular formula is C18H17ClO. The molecular weight excluding hydrogens is 268 g/mol. The van der Waals surface area contributed by atoms with Gasteiger partial charge in [-0.25, -0.2) is 0 Å². The zero-order chi connectivity index (χ0) is 14.4. The maximum absolute atomic E-state index is 5.82. The first-order chi connectivity index (χ1) is 9.67. The molecule has 0 spiro atoms. The third-order valence-corrected chi connectivity index (χ3v) is 2.95. The minimum Gasteiger partial charge on any atom is -0.489 e. The third-order valence-electron chi connectivity index (χ3n) is 2.82. The molecule has 2 aromatic rings. The Morgan fingerprint density at radius 1 is 1.05 bits per heavy atom. The number of hydrogen-bond acceptors (Lipinski definition) is 1. The Kier molecular flexibility index (Phi) is 5.09. The quantitative estimate of drug-likeness (QED) is 0.597. The highest BCUT2D eigenvalue weighted by molar-refractivity contribution is 6.19. The normalized spacial score (nSPS) is 9.75. The van der Waals surface area contributed by atoms with Crippen LogP contribution >= 0.6 is 11.6 Å². The maximum Gasteiger partial charge on any atom is 0.121 e. The Morgan fingerprint density at radius 2 is 1.80 bits per heavy atom. The Morgan fingerprint density at radius 3 is 2.50 bits per heavy atom. The molecule has 0 aliphatic carbocycles. The average molecular weight is 285 g/mol. The number of halogens is 1. The van der Waals surface area contributed by atoms with Crippen LogP contribution < -0.4 is 4.74 Å². The summed E-state index contributed by atoms with van der Waals surface area (Å²) in [5.41, 5.74) is 4.61. The molecule has 1 nitrogen and oxygen atoms in total. The second-order valence-corrected chi connectivity index (χ2v) is 5.02. The highest BCUT2D eigenvalue weighted by Crippen LogP contribution is 2.16. The lowest BCUT2D eigenvalue weighted by Crippen LogP contribution is -1.96. The molecule has 0 radical (unpaired) electrons. The van der Waals surface area contributed by atoms with Crippen molar-refractivity contribution in [2.75, 3.05) is 5.88 Å². The van der Waals surface area contributed by atoms with Gasteiger partial charge in [0, 0.05) is 5.56 Å². The van der Waals surface area contributed by atoms with Crippen molar-refractivity contribution in [2.45, 2.75) is 20.5 Å². The van der Waals surface area contributed by atoms with Gasteiger partial charge in [0.15, 0.2) is 0 Å². The van der Waals surface area contributed by atoms with Crippen LogP contribution in [0.1, 0.15) is 22.3 Å². The fourth-order valence-electron chi connectivity index (χ4n) is 2.12. The molecule has 0 atom stereocenters. The van der Waals surface area contributed by atoms with Gasteiger partial charge >= 0.3 is 0 Å². The van der Waals surface area contributed by atoms with Crippen LogP contribution in [0.2, 0.25) is 0 Å². The van der Waals surface area contributed by atoms with Crippen molar-refractivity contribution >= 4 is 11.6 Å². The summed E-state index contributed by atoms with van der Waals surface area (Å²) in [5.74, 6) is 7.00. The molecule has 0 aliphatic rings. The highest BCUT2D eigenvalue weighted by Gasteiger charge is 1.99. The number of alkyl halides is 1. The predicted molar refractivity (Wildman–Crippen MR) is 84.3 cm³/mol. The zero-order valence-electron chi connectivity index (χ0n) is 11.7. The van der Waals surface area contributed by atoms with E-state index in [4.69, 9.17) is 16.3 Å². The van der Waals surface area contributed by atoms with E-state index >= 15 is 0 Å². The molecule has 0 bridgehead atoms. The summed E-state index contributed by atoms with van der Waals surface area (Å²) in [6, 6.07) is 14.2. The lowest BCUT2D eigenvalue weighted by Gasteiger charge is -2.08. The molecule has 0 fully saturated rings. The van der Waals surface area contributed by atoms with Gasteiger partial charge in [-0.2, -0.15) is 0 Å². The Hall–Kier alpha value is -1.91. The molecule has 2 rings (SSSR count). The molecule has 2 heteroatoms.